The minimum atomic E-state index is -3.74. The van der Waals surface area contributed by atoms with Gasteiger partial charge < -0.3 is 0 Å². The fourth-order valence-corrected chi connectivity index (χ4v) is 2.55. The second kappa shape index (κ2) is 3.46. The highest BCUT2D eigenvalue weighted by Gasteiger charge is 2.13. The number of thiol groups is 1. The van der Waals surface area contributed by atoms with Crippen molar-refractivity contribution in [3.8, 4) is 0 Å². The van der Waals surface area contributed by atoms with Crippen molar-refractivity contribution in [1.29, 1.82) is 0 Å². The predicted octanol–water partition coefficient (Wildman–Crippen LogP) is 2.56. The van der Waals surface area contributed by atoms with Crippen LogP contribution in [0.2, 0.25) is 5.02 Å². The Morgan fingerprint density at radius 1 is 1.33 bits per heavy atom. The van der Waals surface area contributed by atoms with Crippen LogP contribution >= 0.6 is 34.9 Å². The first-order valence-electron chi connectivity index (χ1n) is 2.84. The lowest BCUT2D eigenvalue weighted by Crippen LogP contribution is -1.91. The largest absolute Gasteiger partial charge is 0.262 e. The van der Waals surface area contributed by atoms with E-state index in [0.29, 0.717) is 5.02 Å². The summed E-state index contributed by atoms with van der Waals surface area (Å²) in [5.74, 6) is 0. The van der Waals surface area contributed by atoms with E-state index in [1.165, 1.54) is 18.2 Å². The Labute approximate surface area is 85.3 Å². The highest BCUT2D eigenvalue weighted by Crippen LogP contribution is 2.25. The molecule has 2 nitrogen and oxygen atoms in total. The molecule has 6 heteroatoms. The van der Waals surface area contributed by atoms with Gasteiger partial charge in [0, 0.05) is 20.6 Å². The summed E-state index contributed by atoms with van der Waals surface area (Å²) in [5.41, 5.74) is 0. The van der Waals surface area contributed by atoms with E-state index in [1.807, 2.05) is 0 Å². The minimum Gasteiger partial charge on any atom is -0.207 e. The van der Waals surface area contributed by atoms with Crippen LogP contribution in [-0.4, -0.2) is 8.42 Å². The molecule has 66 valence electrons. The molecule has 12 heavy (non-hydrogen) atoms. The van der Waals surface area contributed by atoms with Gasteiger partial charge in [0.2, 0.25) is 0 Å². The van der Waals surface area contributed by atoms with Crippen LogP contribution in [0.4, 0.5) is 0 Å². The van der Waals surface area contributed by atoms with Crippen LogP contribution in [0.5, 0.6) is 0 Å². The Balaban J connectivity index is 3.43. The first kappa shape index (κ1) is 10.2. The molecule has 0 saturated carbocycles. The Bertz CT molecular complexity index is 400. The zero-order chi connectivity index (χ0) is 9.35. The molecule has 1 aromatic rings. The van der Waals surface area contributed by atoms with Crippen LogP contribution in [0.1, 0.15) is 0 Å². The van der Waals surface area contributed by atoms with E-state index in [-0.39, 0.29) is 9.79 Å². The monoisotopic (exact) mass is 242 g/mol. The summed E-state index contributed by atoms with van der Waals surface area (Å²) in [6.45, 7) is 0. The van der Waals surface area contributed by atoms with E-state index in [2.05, 4.69) is 12.6 Å². The molecule has 0 aromatic heterocycles. The third-order valence-electron chi connectivity index (χ3n) is 1.18. The molecule has 0 N–H and O–H groups in total. The second-order valence-corrected chi connectivity index (χ2v) is 5.50. The maximum Gasteiger partial charge on any atom is 0.262 e. The Morgan fingerprint density at radius 2 is 1.92 bits per heavy atom. The van der Waals surface area contributed by atoms with E-state index in [9.17, 15) is 8.42 Å². The number of hydrogen-bond donors (Lipinski definition) is 1. The van der Waals surface area contributed by atoms with Gasteiger partial charge in [-0.1, -0.05) is 11.6 Å². The number of rotatable bonds is 1. The number of benzene rings is 1. The topological polar surface area (TPSA) is 34.1 Å². The average Bonchev–Trinajstić information content (AvgIpc) is 1.92. The normalized spacial score (nSPS) is 11.6. The lowest BCUT2D eigenvalue weighted by atomic mass is 10.4. The molecule has 0 fully saturated rings. The smallest absolute Gasteiger partial charge is 0.207 e. The highest BCUT2D eigenvalue weighted by atomic mass is 35.7. The van der Waals surface area contributed by atoms with Crippen molar-refractivity contribution < 1.29 is 8.42 Å². The van der Waals surface area contributed by atoms with Gasteiger partial charge in [0.05, 0.1) is 4.90 Å². The summed E-state index contributed by atoms with van der Waals surface area (Å²) in [4.78, 5) is 0.217. The Kier molecular flexibility index (Phi) is 2.93. The Morgan fingerprint density at radius 3 is 2.33 bits per heavy atom. The third-order valence-corrected chi connectivity index (χ3v) is 3.32. The van der Waals surface area contributed by atoms with Crippen LogP contribution < -0.4 is 0 Å². The van der Waals surface area contributed by atoms with Crippen molar-refractivity contribution in [3.05, 3.63) is 23.2 Å². The molecule has 0 amide bonds. The fourth-order valence-electron chi connectivity index (χ4n) is 0.683. The standard InChI is InChI=1S/C6H4Cl2O2S2/c7-4-1-2-5(11)6(3-4)12(8,9)10/h1-3,11H. The van der Waals surface area contributed by atoms with Crippen molar-refractivity contribution in [1.82, 2.24) is 0 Å². The molecular weight excluding hydrogens is 239 g/mol. The molecule has 0 saturated heterocycles. The van der Waals surface area contributed by atoms with Crippen LogP contribution in [0, 0.1) is 0 Å². The van der Waals surface area contributed by atoms with Gasteiger partial charge >= 0.3 is 0 Å². The predicted molar refractivity (Wildman–Crippen MR) is 51.7 cm³/mol. The molecule has 0 aliphatic heterocycles. The molecule has 0 aliphatic rings. The SMILES string of the molecule is O=S(=O)(Cl)c1cc(Cl)ccc1S. The van der Waals surface area contributed by atoms with Gasteiger partial charge in [-0.3, -0.25) is 0 Å². The van der Waals surface area contributed by atoms with E-state index in [0.717, 1.165) is 0 Å². The molecule has 0 bridgehead atoms. The lowest BCUT2D eigenvalue weighted by Gasteiger charge is -1.99. The summed E-state index contributed by atoms with van der Waals surface area (Å²) in [7, 11) is 1.36. The van der Waals surface area contributed by atoms with Crippen LogP contribution in [-0.2, 0) is 9.05 Å². The Hall–Kier alpha value is 0.1000. The van der Waals surface area contributed by atoms with Crippen LogP contribution in [0.25, 0.3) is 0 Å². The van der Waals surface area contributed by atoms with Gasteiger partial charge in [-0.2, -0.15) is 0 Å². The first-order chi connectivity index (χ1) is 5.41. The lowest BCUT2D eigenvalue weighted by molar-refractivity contribution is 0.608. The number of halogens is 2. The maximum absolute atomic E-state index is 10.9. The molecular formula is C6H4Cl2O2S2. The molecule has 0 aliphatic carbocycles. The van der Waals surface area contributed by atoms with Crippen molar-refractivity contribution in [3.63, 3.8) is 0 Å². The van der Waals surface area contributed by atoms with Crippen LogP contribution in [0.3, 0.4) is 0 Å². The molecule has 0 atom stereocenters. The maximum atomic E-state index is 10.9. The van der Waals surface area contributed by atoms with E-state index < -0.39 is 9.05 Å². The van der Waals surface area contributed by atoms with Gasteiger partial charge in [0.15, 0.2) is 0 Å². The fraction of sp³-hybridized carbons (Fsp3) is 0. The van der Waals surface area contributed by atoms with E-state index in [4.69, 9.17) is 22.3 Å². The average molecular weight is 243 g/mol. The quantitative estimate of drug-likeness (QED) is 0.607. The summed E-state index contributed by atoms with van der Waals surface area (Å²) in [6, 6.07) is 4.27. The van der Waals surface area contributed by atoms with E-state index >= 15 is 0 Å². The van der Waals surface area contributed by atoms with Gasteiger partial charge in [-0.05, 0) is 18.2 Å². The zero-order valence-electron chi connectivity index (χ0n) is 5.66. The molecule has 1 aromatic carbocycles. The zero-order valence-corrected chi connectivity index (χ0v) is 8.88. The van der Waals surface area contributed by atoms with Crippen molar-refractivity contribution in [2.75, 3.05) is 0 Å². The van der Waals surface area contributed by atoms with Gasteiger partial charge in [0.25, 0.3) is 9.05 Å². The van der Waals surface area contributed by atoms with E-state index in [1.54, 1.807) is 0 Å². The summed E-state index contributed by atoms with van der Waals surface area (Å²) in [5, 5.41) is 0.312. The summed E-state index contributed by atoms with van der Waals surface area (Å²) in [6.07, 6.45) is 0. The highest BCUT2D eigenvalue weighted by molar-refractivity contribution is 8.14. The molecule has 0 radical (unpaired) electrons. The van der Waals surface area contributed by atoms with Crippen molar-refractivity contribution in [2.45, 2.75) is 9.79 Å². The van der Waals surface area contributed by atoms with Crippen molar-refractivity contribution in [2.24, 2.45) is 0 Å². The molecule has 0 heterocycles. The second-order valence-electron chi connectivity index (χ2n) is 2.05. The third kappa shape index (κ3) is 2.29. The van der Waals surface area contributed by atoms with Crippen molar-refractivity contribution >= 4 is 44.0 Å². The van der Waals surface area contributed by atoms with Crippen LogP contribution in [0.15, 0.2) is 28.0 Å². The van der Waals surface area contributed by atoms with Gasteiger partial charge in [-0.15, -0.1) is 12.6 Å². The summed E-state index contributed by atoms with van der Waals surface area (Å²) < 4.78 is 21.7. The molecule has 0 spiro atoms. The van der Waals surface area contributed by atoms with Gasteiger partial charge in [-0.25, -0.2) is 8.42 Å². The minimum absolute atomic E-state index is 0.0694. The number of hydrogen-bond acceptors (Lipinski definition) is 3. The first-order valence-corrected chi connectivity index (χ1v) is 5.98. The molecule has 1 rings (SSSR count). The summed E-state index contributed by atoms with van der Waals surface area (Å²) >= 11 is 9.48. The molecule has 0 unspecified atom stereocenters. The van der Waals surface area contributed by atoms with Gasteiger partial charge in [0.1, 0.15) is 0 Å².